The van der Waals surface area contributed by atoms with Gasteiger partial charge in [-0.15, -0.1) is 0 Å². The Morgan fingerprint density at radius 3 is 2.50 bits per heavy atom. The average molecular weight is 261 g/mol. The van der Waals surface area contributed by atoms with Gasteiger partial charge in [0.15, 0.2) is 5.84 Å². The van der Waals surface area contributed by atoms with Crippen molar-refractivity contribution in [3.63, 3.8) is 0 Å². The fraction of sp³-hybridized carbons (Fsp3) is 0.200. The van der Waals surface area contributed by atoms with Crippen molar-refractivity contribution in [2.24, 2.45) is 10.9 Å². The molecule has 5 nitrogen and oxygen atoms in total. The molecule has 1 amide bonds. The molecule has 1 rings (SSSR count). The maximum absolute atomic E-state index is 12.8. The van der Waals surface area contributed by atoms with Crippen molar-refractivity contribution in [2.75, 3.05) is 5.32 Å². The number of amidine groups is 1. The minimum absolute atomic E-state index is 0.0238. The Kier molecular flexibility index (Phi) is 3.79. The van der Waals surface area contributed by atoms with E-state index >= 15 is 0 Å². The molecule has 0 heterocycles. The Morgan fingerprint density at radius 1 is 1.44 bits per heavy atom. The zero-order valence-corrected chi connectivity index (χ0v) is 9.25. The molecule has 4 N–H and O–H groups in total. The maximum Gasteiger partial charge on any atom is 0.417 e. The van der Waals surface area contributed by atoms with Gasteiger partial charge in [0.05, 0.1) is 5.56 Å². The van der Waals surface area contributed by atoms with Crippen LogP contribution in [0.4, 0.5) is 18.9 Å². The average Bonchev–Trinajstić information content (AvgIpc) is 2.26. The molecule has 98 valence electrons. The third-order valence-electron chi connectivity index (χ3n) is 2.03. The van der Waals surface area contributed by atoms with E-state index in [0.717, 1.165) is 12.1 Å². The van der Waals surface area contributed by atoms with Crippen molar-refractivity contribution in [2.45, 2.75) is 13.1 Å². The highest BCUT2D eigenvalue weighted by Crippen LogP contribution is 2.33. The molecule has 0 unspecified atom stereocenters. The first-order chi connectivity index (χ1) is 8.25. The van der Waals surface area contributed by atoms with Crippen LogP contribution in [0.3, 0.4) is 0 Å². The summed E-state index contributed by atoms with van der Waals surface area (Å²) in [6.45, 7) is 1.17. The molecule has 8 heteroatoms. The number of benzene rings is 1. The van der Waals surface area contributed by atoms with Crippen LogP contribution in [0.25, 0.3) is 0 Å². The summed E-state index contributed by atoms with van der Waals surface area (Å²) in [6, 6.07) is 2.96. The van der Waals surface area contributed by atoms with Crippen molar-refractivity contribution in [1.82, 2.24) is 0 Å². The molecule has 0 aromatic heterocycles. The number of nitrogens with zero attached hydrogens (tertiary/aromatic N) is 1. The number of rotatable bonds is 2. The van der Waals surface area contributed by atoms with Crippen LogP contribution >= 0.6 is 0 Å². The minimum atomic E-state index is -4.68. The lowest BCUT2D eigenvalue weighted by Crippen LogP contribution is -2.20. The second-order valence-corrected chi connectivity index (χ2v) is 3.42. The summed E-state index contributed by atoms with van der Waals surface area (Å²) in [5.41, 5.74) is 3.58. The number of alkyl halides is 3. The van der Waals surface area contributed by atoms with Crippen LogP contribution in [0.1, 0.15) is 18.1 Å². The lowest BCUT2D eigenvalue weighted by Gasteiger charge is -2.13. The quantitative estimate of drug-likeness (QED) is 0.328. The van der Waals surface area contributed by atoms with E-state index in [1.807, 2.05) is 0 Å². The van der Waals surface area contributed by atoms with Crippen molar-refractivity contribution >= 4 is 17.4 Å². The van der Waals surface area contributed by atoms with Crippen LogP contribution in [0.15, 0.2) is 23.4 Å². The number of anilines is 1. The van der Waals surface area contributed by atoms with E-state index in [-0.39, 0.29) is 5.69 Å². The lowest BCUT2D eigenvalue weighted by atomic mass is 10.1. The van der Waals surface area contributed by atoms with Crippen molar-refractivity contribution < 1.29 is 23.2 Å². The molecular formula is C10H10F3N3O2. The first-order valence-electron chi connectivity index (χ1n) is 4.72. The second kappa shape index (κ2) is 4.94. The van der Waals surface area contributed by atoms with Gasteiger partial charge in [-0.1, -0.05) is 5.16 Å². The van der Waals surface area contributed by atoms with Gasteiger partial charge in [0.1, 0.15) is 0 Å². The topological polar surface area (TPSA) is 87.7 Å². The minimum Gasteiger partial charge on any atom is -0.409 e. The summed E-state index contributed by atoms with van der Waals surface area (Å²) >= 11 is 0. The highest BCUT2D eigenvalue weighted by atomic mass is 19.4. The van der Waals surface area contributed by atoms with Gasteiger partial charge < -0.3 is 16.3 Å². The van der Waals surface area contributed by atoms with Gasteiger partial charge in [-0.05, 0) is 18.2 Å². The molecule has 0 radical (unpaired) electrons. The predicted molar refractivity (Wildman–Crippen MR) is 58.3 cm³/mol. The molecule has 1 aromatic carbocycles. The van der Waals surface area contributed by atoms with Crippen LogP contribution in [-0.4, -0.2) is 17.0 Å². The molecule has 0 aliphatic rings. The number of nitrogens with two attached hydrogens (primary N) is 1. The monoisotopic (exact) mass is 261 g/mol. The second-order valence-electron chi connectivity index (χ2n) is 3.42. The third-order valence-corrected chi connectivity index (χ3v) is 2.03. The van der Waals surface area contributed by atoms with Gasteiger partial charge in [-0.3, -0.25) is 4.79 Å². The number of hydrogen-bond acceptors (Lipinski definition) is 3. The standard InChI is InChI=1S/C10H10F3N3O2/c1-5(17)15-6-2-3-7(9(14)16-18)8(4-6)10(11,12)13/h2-4,18H,1H3,(H2,14,16)(H,15,17). The molecule has 1 aromatic rings. The molecular weight excluding hydrogens is 251 g/mol. The Morgan fingerprint density at radius 2 is 2.06 bits per heavy atom. The predicted octanol–water partition coefficient (Wildman–Crippen LogP) is 1.76. The van der Waals surface area contributed by atoms with Crippen LogP contribution < -0.4 is 11.1 Å². The first kappa shape index (κ1) is 13.8. The Bertz CT molecular complexity index is 498. The molecule has 0 aliphatic heterocycles. The van der Waals surface area contributed by atoms with Gasteiger partial charge >= 0.3 is 6.18 Å². The van der Waals surface area contributed by atoms with Crippen molar-refractivity contribution in [3.05, 3.63) is 29.3 Å². The molecule has 0 fully saturated rings. The number of nitrogens with one attached hydrogen (secondary N) is 1. The zero-order valence-electron chi connectivity index (χ0n) is 9.25. The molecule has 18 heavy (non-hydrogen) atoms. The smallest absolute Gasteiger partial charge is 0.409 e. The summed E-state index contributed by atoms with van der Waals surface area (Å²) in [5.74, 6) is -1.16. The van der Waals surface area contributed by atoms with Gasteiger partial charge in [-0.25, -0.2) is 0 Å². The molecule has 0 bridgehead atoms. The summed E-state index contributed by atoms with van der Waals surface area (Å²) in [6.07, 6.45) is -4.68. The SMILES string of the molecule is CC(=O)Nc1ccc(/C(N)=N/O)c(C(F)(F)F)c1. The summed E-state index contributed by atoms with van der Waals surface area (Å²) in [7, 11) is 0. The van der Waals surface area contributed by atoms with Gasteiger partial charge in [-0.2, -0.15) is 13.2 Å². The summed E-state index contributed by atoms with van der Waals surface area (Å²) in [5, 5.41) is 13.2. The van der Waals surface area contributed by atoms with E-state index in [9.17, 15) is 18.0 Å². The normalized spacial score (nSPS) is 12.3. The van der Waals surface area contributed by atoms with Crippen LogP contribution in [-0.2, 0) is 11.0 Å². The van der Waals surface area contributed by atoms with Crippen LogP contribution in [0, 0.1) is 0 Å². The molecule has 0 atom stereocenters. The highest BCUT2D eigenvalue weighted by molar-refractivity contribution is 5.99. The van der Waals surface area contributed by atoms with Crippen molar-refractivity contribution in [3.8, 4) is 0 Å². The number of halogens is 3. The number of amides is 1. The van der Waals surface area contributed by atoms with E-state index in [0.29, 0.717) is 0 Å². The molecule has 0 spiro atoms. The summed E-state index contributed by atoms with van der Waals surface area (Å²) in [4.78, 5) is 10.8. The first-order valence-corrected chi connectivity index (χ1v) is 4.72. The third kappa shape index (κ3) is 3.12. The van der Waals surface area contributed by atoms with Crippen molar-refractivity contribution in [1.29, 1.82) is 0 Å². The van der Waals surface area contributed by atoms with E-state index in [2.05, 4.69) is 10.5 Å². The Balaban J connectivity index is 3.34. The fourth-order valence-corrected chi connectivity index (χ4v) is 1.34. The van der Waals surface area contributed by atoms with Crippen LogP contribution in [0.5, 0.6) is 0 Å². The van der Waals surface area contributed by atoms with E-state index in [1.54, 1.807) is 0 Å². The lowest BCUT2D eigenvalue weighted by molar-refractivity contribution is -0.137. The Hall–Kier alpha value is -2.25. The van der Waals surface area contributed by atoms with E-state index in [4.69, 9.17) is 10.9 Å². The highest BCUT2D eigenvalue weighted by Gasteiger charge is 2.34. The molecule has 0 saturated carbocycles. The van der Waals surface area contributed by atoms with Crippen LogP contribution in [0.2, 0.25) is 0 Å². The molecule has 0 saturated heterocycles. The Labute approximate surface area is 100 Å². The van der Waals surface area contributed by atoms with E-state index < -0.39 is 29.0 Å². The number of oxime groups is 1. The van der Waals surface area contributed by atoms with E-state index in [1.165, 1.54) is 13.0 Å². The largest absolute Gasteiger partial charge is 0.417 e. The number of carbonyl (C=O) groups is 1. The number of carbonyl (C=O) groups excluding carboxylic acids is 1. The number of hydrogen-bond donors (Lipinski definition) is 3. The summed E-state index contributed by atoms with van der Waals surface area (Å²) < 4.78 is 38.3. The van der Waals surface area contributed by atoms with Gasteiger partial charge in [0, 0.05) is 18.2 Å². The molecule has 0 aliphatic carbocycles. The van der Waals surface area contributed by atoms with Gasteiger partial charge in [0.25, 0.3) is 0 Å². The van der Waals surface area contributed by atoms with Gasteiger partial charge in [0.2, 0.25) is 5.91 Å². The maximum atomic E-state index is 12.8. The zero-order chi connectivity index (χ0) is 13.9. The fourth-order valence-electron chi connectivity index (χ4n) is 1.34.